The van der Waals surface area contributed by atoms with Crippen molar-refractivity contribution in [2.75, 3.05) is 13.2 Å². The van der Waals surface area contributed by atoms with E-state index in [1.807, 2.05) is 0 Å². The Balaban J connectivity index is 0. The number of esters is 4. The van der Waals surface area contributed by atoms with E-state index in [0.29, 0.717) is 12.8 Å². The molecule has 0 bridgehead atoms. The van der Waals surface area contributed by atoms with Crippen molar-refractivity contribution in [3.05, 3.63) is 0 Å². The molecule has 0 aliphatic rings. The topological polar surface area (TPSA) is 147 Å². The maximum absolute atomic E-state index is 11.5. The molecule has 0 aliphatic carbocycles. The van der Waals surface area contributed by atoms with Crippen molar-refractivity contribution in [1.29, 1.82) is 0 Å². The first-order chi connectivity index (χ1) is 15.3. The summed E-state index contributed by atoms with van der Waals surface area (Å²) in [4.78, 5) is 46.0. The molecule has 0 radical (unpaired) electrons. The van der Waals surface area contributed by atoms with E-state index < -0.39 is 30.0 Å². The van der Waals surface area contributed by atoms with Gasteiger partial charge in [0.2, 0.25) is 0 Å². The van der Waals surface area contributed by atoms with Gasteiger partial charge in [-0.2, -0.15) is 0 Å². The summed E-state index contributed by atoms with van der Waals surface area (Å²) in [6.45, 7) is 3.49. The molecule has 0 heterocycles. The molecule has 188 valence electrons. The molecule has 0 fully saturated rings. The Morgan fingerprint density at radius 2 is 0.875 bits per heavy atom. The van der Waals surface area contributed by atoms with Gasteiger partial charge in [0.1, 0.15) is 6.10 Å². The van der Waals surface area contributed by atoms with Gasteiger partial charge in [0.25, 0.3) is 0 Å². The highest BCUT2D eigenvalue weighted by Crippen LogP contribution is 2.08. The summed E-state index contributed by atoms with van der Waals surface area (Å²) in [5.74, 6) is -2.65. The number of ether oxygens (including phenoxy) is 2. The second-order valence-electron chi connectivity index (χ2n) is 7.54. The summed E-state index contributed by atoms with van der Waals surface area (Å²) in [5.41, 5.74) is 0. The zero-order valence-electron chi connectivity index (χ0n) is 19.7. The summed E-state index contributed by atoms with van der Waals surface area (Å²) in [7, 11) is 0. The van der Waals surface area contributed by atoms with Crippen LogP contribution in [-0.4, -0.2) is 58.5 Å². The van der Waals surface area contributed by atoms with Gasteiger partial charge in [0.15, 0.2) is 0 Å². The Kier molecular flexibility index (Phi) is 24.1. The van der Waals surface area contributed by atoms with Gasteiger partial charge in [-0.1, -0.05) is 65.2 Å². The Hall–Kier alpha value is -1.84. The average molecular weight is 463 g/mol. The monoisotopic (exact) mass is 462 g/mol. The van der Waals surface area contributed by atoms with Crippen molar-refractivity contribution in [2.24, 2.45) is 0 Å². The zero-order chi connectivity index (χ0) is 24.6. The molecule has 0 unspecified atom stereocenters. The number of carbonyl (C=O) groups excluding carboxylic acids is 4. The van der Waals surface area contributed by atoms with Gasteiger partial charge in [-0.25, -0.2) is 0 Å². The van der Waals surface area contributed by atoms with Crippen molar-refractivity contribution in [3.8, 4) is 0 Å². The van der Waals surface area contributed by atoms with Crippen LogP contribution < -0.4 is 0 Å². The first-order valence-corrected chi connectivity index (χ1v) is 11.7. The van der Waals surface area contributed by atoms with E-state index in [-0.39, 0.29) is 38.9 Å². The van der Waals surface area contributed by atoms with Crippen LogP contribution in [-0.2, 0) is 28.7 Å². The fourth-order valence-corrected chi connectivity index (χ4v) is 2.47. The molecule has 0 rings (SSSR count). The van der Waals surface area contributed by atoms with Gasteiger partial charge < -0.3 is 24.8 Å². The van der Waals surface area contributed by atoms with Crippen LogP contribution in [0.3, 0.4) is 0 Å². The fourth-order valence-electron chi connectivity index (χ4n) is 2.47. The van der Waals surface area contributed by atoms with E-state index >= 15 is 0 Å². The average Bonchev–Trinajstić information content (AvgIpc) is 2.77. The molecular weight excluding hydrogens is 420 g/mol. The van der Waals surface area contributed by atoms with Crippen LogP contribution in [0.2, 0.25) is 0 Å². The van der Waals surface area contributed by atoms with Crippen LogP contribution in [0.4, 0.5) is 0 Å². The summed E-state index contributed by atoms with van der Waals surface area (Å²) >= 11 is 0. The standard InChI is InChI=1S/C20H34O6.C3H8O3/c1-3-5-7-9-11-13-17(21)25-19(23)15-16-20(24)26-18(22)14-12-10-8-6-4-2;4-1-3(6)2-5/h3-16H2,1-2H3;3-6H,1-2H2. The van der Waals surface area contributed by atoms with Gasteiger partial charge in [0.05, 0.1) is 26.1 Å². The number of aliphatic hydroxyl groups is 3. The molecule has 0 spiro atoms. The summed E-state index contributed by atoms with van der Waals surface area (Å²) in [6.07, 6.45) is 8.84. The third-order valence-corrected chi connectivity index (χ3v) is 4.38. The van der Waals surface area contributed by atoms with Crippen molar-refractivity contribution in [1.82, 2.24) is 0 Å². The SMILES string of the molecule is CCCCCCCC(=O)OC(=O)CCC(=O)OC(=O)CCCCCCC.OCC(O)CO. The number of hydrogen-bond acceptors (Lipinski definition) is 9. The van der Waals surface area contributed by atoms with E-state index in [2.05, 4.69) is 23.3 Å². The van der Waals surface area contributed by atoms with E-state index in [9.17, 15) is 19.2 Å². The predicted molar refractivity (Wildman–Crippen MR) is 118 cm³/mol. The first-order valence-electron chi connectivity index (χ1n) is 11.7. The van der Waals surface area contributed by atoms with Crippen LogP contribution in [0.1, 0.15) is 104 Å². The number of unbranched alkanes of at least 4 members (excludes halogenated alkanes) is 8. The second kappa shape index (κ2) is 23.8. The predicted octanol–water partition coefficient (Wildman–Crippen LogP) is 2.96. The van der Waals surface area contributed by atoms with E-state index in [0.717, 1.165) is 51.4 Å². The maximum Gasteiger partial charge on any atom is 0.314 e. The van der Waals surface area contributed by atoms with Crippen LogP contribution >= 0.6 is 0 Å². The minimum absolute atomic E-state index is 0.205. The van der Waals surface area contributed by atoms with E-state index in [1.54, 1.807) is 0 Å². The molecule has 0 aromatic rings. The lowest BCUT2D eigenvalue weighted by atomic mass is 10.1. The fraction of sp³-hybridized carbons (Fsp3) is 0.826. The minimum atomic E-state index is -0.954. The quantitative estimate of drug-likeness (QED) is 0.168. The molecular formula is C23H42O9. The molecule has 9 heteroatoms. The molecule has 32 heavy (non-hydrogen) atoms. The number of carbonyl (C=O) groups is 4. The lowest BCUT2D eigenvalue weighted by Gasteiger charge is -2.04. The number of aliphatic hydroxyl groups excluding tert-OH is 3. The molecule has 0 aromatic carbocycles. The highest BCUT2D eigenvalue weighted by atomic mass is 16.6. The largest absolute Gasteiger partial charge is 0.394 e. The lowest BCUT2D eigenvalue weighted by Crippen LogP contribution is -2.16. The Bertz CT molecular complexity index is 462. The third-order valence-electron chi connectivity index (χ3n) is 4.38. The van der Waals surface area contributed by atoms with Crippen LogP contribution in [0.15, 0.2) is 0 Å². The molecule has 0 atom stereocenters. The van der Waals surface area contributed by atoms with Crippen molar-refractivity contribution < 1.29 is 44.0 Å². The van der Waals surface area contributed by atoms with Gasteiger partial charge in [0, 0.05) is 12.8 Å². The molecule has 0 saturated carbocycles. The first kappa shape index (κ1) is 32.3. The van der Waals surface area contributed by atoms with Gasteiger partial charge >= 0.3 is 23.9 Å². The van der Waals surface area contributed by atoms with Gasteiger partial charge in [-0.15, -0.1) is 0 Å². The van der Waals surface area contributed by atoms with Gasteiger partial charge in [-0.3, -0.25) is 19.2 Å². The van der Waals surface area contributed by atoms with Crippen molar-refractivity contribution >= 4 is 23.9 Å². The lowest BCUT2D eigenvalue weighted by molar-refractivity contribution is -0.165. The normalized spacial score (nSPS) is 10.3. The maximum atomic E-state index is 11.5. The van der Waals surface area contributed by atoms with E-state index in [4.69, 9.17) is 15.3 Å². The summed E-state index contributed by atoms with van der Waals surface area (Å²) < 4.78 is 9.29. The molecule has 0 aromatic heterocycles. The van der Waals surface area contributed by atoms with Crippen molar-refractivity contribution in [3.63, 3.8) is 0 Å². The highest BCUT2D eigenvalue weighted by Gasteiger charge is 2.15. The van der Waals surface area contributed by atoms with Gasteiger partial charge in [-0.05, 0) is 12.8 Å². The second-order valence-corrected chi connectivity index (χ2v) is 7.54. The molecule has 9 nitrogen and oxygen atoms in total. The Labute approximate surface area is 191 Å². The highest BCUT2D eigenvalue weighted by molar-refractivity contribution is 5.89. The molecule has 0 aliphatic heterocycles. The Morgan fingerprint density at radius 3 is 1.16 bits per heavy atom. The molecule has 0 amide bonds. The molecule has 0 saturated heterocycles. The van der Waals surface area contributed by atoms with Crippen LogP contribution in [0, 0.1) is 0 Å². The number of rotatable bonds is 17. The summed E-state index contributed by atoms with van der Waals surface area (Å²) in [5, 5.41) is 24.0. The summed E-state index contributed by atoms with van der Waals surface area (Å²) in [6, 6.07) is 0. The smallest absolute Gasteiger partial charge is 0.314 e. The van der Waals surface area contributed by atoms with Crippen LogP contribution in [0.5, 0.6) is 0 Å². The zero-order valence-corrected chi connectivity index (χ0v) is 19.7. The minimum Gasteiger partial charge on any atom is -0.394 e. The van der Waals surface area contributed by atoms with Crippen LogP contribution in [0.25, 0.3) is 0 Å². The van der Waals surface area contributed by atoms with E-state index in [1.165, 1.54) is 0 Å². The Morgan fingerprint density at radius 1 is 0.562 bits per heavy atom. The molecule has 3 N–H and O–H groups in total. The number of hydrogen-bond donors (Lipinski definition) is 3. The van der Waals surface area contributed by atoms with Crippen molar-refractivity contribution in [2.45, 2.75) is 110 Å². The third kappa shape index (κ3) is 24.4.